The maximum absolute atomic E-state index is 12.0. The highest BCUT2D eigenvalue weighted by molar-refractivity contribution is 5.74. The van der Waals surface area contributed by atoms with E-state index in [1.54, 1.807) is 6.92 Å². The van der Waals surface area contributed by atoms with Crippen molar-refractivity contribution in [2.75, 3.05) is 7.11 Å². The van der Waals surface area contributed by atoms with Crippen molar-refractivity contribution in [2.45, 2.75) is 58.5 Å². The predicted molar refractivity (Wildman–Crippen MR) is 85.0 cm³/mol. The molecule has 0 spiro atoms. The van der Waals surface area contributed by atoms with E-state index >= 15 is 0 Å². The molecule has 21 heavy (non-hydrogen) atoms. The maximum atomic E-state index is 12.0. The number of unbranched alkanes of at least 4 members (excludes halogenated alkanes) is 1. The zero-order chi connectivity index (χ0) is 15.9. The van der Waals surface area contributed by atoms with Crippen molar-refractivity contribution in [1.29, 1.82) is 0 Å². The van der Waals surface area contributed by atoms with Gasteiger partial charge in [-0.15, -0.1) is 0 Å². The Labute approximate surface area is 128 Å². The second-order valence-electron chi connectivity index (χ2n) is 5.81. The molecule has 0 bridgehead atoms. The molecule has 0 aliphatic heterocycles. The number of aryl methyl sites for hydroxylation is 1. The fourth-order valence-corrected chi connectivity index (χ4v) is 2.68. The number of benzene rings is 1. The average Bonchev–Trinajstić information content (AvgIpc) is 2.48. The number of hydrogen-bond acceptors (Lipinski definition) is 3. The first-order valence-electron chi connectivity index (χ1n) is 7.86. The molecular formula is C18H28O3. The zero-order valence-electron chi connectivity index (χ0n) is 13.7. The van der Waals surface area contributed by atoms with Crippen LogP contribution in [-0.4, -0.2) is 18.2 Å². The maximum Gasteiger partial charge on any atom is 0.311 e. The minimum absolute atomic E-state index is 0.342. The predicted octanol–water partition coefficient (Wildman–Crippen LogP) is 3.83. The van der Waals surface area contributed by atoms with Gasteiger partial charge in [0.25, 0.3) is 0 Å². The van der Waals surface area contributed by atoms with E-state index in [0.29, 0.717) is 6.42 Å². The first kappa shape index (κ1) is 17.7. The van der Waals surface area contributed by atoms with Crippen LogP contribution in [0, 0.1) is 5.92 Å². The third-order valence-electron chi connectivity index (χ3n) is 4.09. The van der Waals surface area contributed by atoms with Crippen LogP contribution in [0.1, 0.15) is 57.6 Å². The van der Waals surface area contributed by atoms with Gasteiger partial charge in [0.2, 0.25) is 0 Å². The standard InChI is InChI=1S/C18H28O3/c1-5-7-9-16(17(19)21-4)18(3,20)15-12-10-14(8-6-2)11-13-15/h10-13,16,20H,5-9H2,1-4H3. The lowest BCUT2D eigenvalue weighted by Gasteiger charge is -2.31. The van der Waals surface area contributed by atoms with Crippen molar-refractivity contribution in [1.82, 2.24) is 0 Å². The lowest BCUT2D eigenvalue weighted by Crippen LogP contribution is -2.38. The fraction of sp³-hybridized carbons (Fsp3) is 0.611. The van der Waals surface area contributed by atoms with Gasteiger partial charge in [-0.25, -0.2) is 0 Å². The van der Waals surface area contributed by atoms with Crippen LogP contribution in [0.15, 0.2) is 24.3 Å². The number of aliphatic hydroxyl groups is 1. The largest absolute Gasteiger partial charge is 0.469 e. The molecule has 0 saturated heterocycles. The summed E-state index contributed by atoms with van der Waals surface area (Å²) in [5, 5.41) is 10.9. The third kappa shape index (κ3) is 4.57. The van der Waals surface area contributed by atoms with E-state index < -0.39 is 11.5 Å². The molecule has 0 aliphatic rings. The SMILES string of the molecule is CCCCC(C(=O)OC)C(C)(O)c1ccc(CCC)cc1. The summed E-state index contributed by atoms with van der Waals surface area (Å²) in [5.41, 5.74) is 0.821. The van der Waals surface area contributed by atoms with Crippen LogP contribution in [0.25, 0.3) is 0 Å². The summed E-state index contributed by atoms with van der Waals surface area (Å²) in [4.78, 5) is 12.0. The Balaban J connectivity index is 2.99. The second kappa shape index (κ2) is 8.18. The van der Waals surface area contributed by atoms with Crippen LogP contribution < -0.4 is 0 Å². The molecule has 0 radical (unpaired) electrons. The van der Waals surface area contributed by atoms with Gasteiger partial charge in [-0.2, -0.15) is 0 Å². The number of carbonyl (C=O) groups is 1. The summed E-state index contributed by atoms with van der Waals surface area (Å²) >= 11 is 0. The highest BCUT2D eigenvalue weighted by Gasteiger charge is 2.39. The van der Waals surface area contributed by atoms with Crippen LogP contribution >= 0.6 is 0 Å². The van der Waals surface area contributed by atoms with E-state index in [9.17, 15) is 9.90 Å². The number of rotatable bonds is 8. The van der Waals surface area contributed by atoms with Crippen LogP contribution in [0.2, 0.25) is 0 Å². The smallest absolute Gasteiger partial charge is 0.311 e. The summed E-state index contributed by atoms with van der Waals surface area (Å²) in [6.45, 7) is 5.92. The van der Waals surface area contributed by atoms with Crippen LogP contribution in [0.5, 0.6) is 0 Å². The molecule has 2 atom stereocenters. The first-order chi connectivity index (χ1) is 9.97. The molecule has 0 amide bonds. The van der Waals surface area contributed by atoms with E-state index in [1.807, 2.05) is 24.3 Å². The van der Waals surface area contributed by atoms with E-state index in [4.69, 9.17) is 4.74 Å². The Kier molecular flexibility index (Phi) is 6.90. The van der Waals surface area contributed by atoms with E-state index in [0.717, 1.165) is 31.2 Å². The van der Waals surface area contributed by atoms with Crippen LogP contribution in [0.3, 0.4) is 0 Å². The minimum atomic E-state index is -1.20. The molecule has 0 aliphatic carbocycles. The summed E-state index contributed by atoms with van der Waals surface area (Å²) in [6, 6.07) is 7.91. The summed E-state index contributed by atoms with van der Waals surface area (Å²) in [7, 11) is 1.38. The van der Waals surface area contributed by atoms with Crippen molar-refractivity contribution in [2.24, 2.45) is 5.92 Å². The van der Waals surface area contributed by atoms with E-state index in [2.05, 4.69) is 13.8 Å². The van der Waals surface area contributed by atoms with Gasteiger partial charge in [0.05, 0.1) is 13.0 Å². The van der Waals surface area contributed by atoms with Crippen LogP contribution in [0.4, 0.5) is 0 Å². The Hall–Kier alpha value is -1.35. The topological polar surface area (TPSA) is 46.5 Å². The van der Waals surface area contributed by atoms with Crippen molar-refractivity contribution in [3.05, 3.63) is 35.4 Å². The minimum Gasteiger partial charge on any atom is -0.469 e. The van der Waals surface area contributed by atoms with E-state index in [1.165, 1.54) is 12.7 Å². The van der Waals surface area contributed by atoms with Gasteiger partial charge >= 0.3 is 5.97 Å². The second-order valence-corrected chi connectivity index (χ2v) is 5.81. The Bertz CT molecular complexity index is 434. The van der Waals surface area contributed by atoms with Gasteiger partial charge in [-0.3, -0.25) is 4.79 Å². The Morgan fingerprint density at radius 3 is 2.33 bits per heavy atom. The monoisotopic (exact) mass is 292 g/mol. The fourth-order valence-electron chi connectivity index (χ4n) is 2.68. The van der Waals surface area contributed by atoms with Gasteiger partial charge in [0.1, 0.15) is 5.60 Å². The molecule has 3 heteroatoms. The number of ether oxygens (including phenoxy) is 1. The lowest BCUT2D eigenvalue weighted by molar-refractivity contribution is -0.156. The molecular weight excluding hydrogens is 264 g/mol. The van der Waals surface area contributed by atoms with Gasteiger partial charge in [-0.1, -0.05) is 57.4 Å². The highest BCUT2D eigenvalue weighted by Crippen LogP contribution is 2.34. The lowest BCUT2D eigenvalue weighted by atomic mass is 9.79. The van der Waals surface area contributed by atoms with Crippen molar-refractivity contribution >= 4 is 5.97 Å². The molecule has 118 valence electrons. The number of carbonyl (C=O) groups excluding carboxylic acids is 1. The molecule has 1 N–H and O–H groups in total. The summed E-state index contributed by atoms with van der Waals surface area (Å²) in [6.07, 6.45) is 4.63. The average molecular weight is 292 g/mol. The van der Waals surface area contributed by atoms with E-state index in [-0.39, 0.29) is 5.97 Å². The van der Waals surface area contributed by atoms with Gasteiger partial charge in [0.15, 0.2) is 0 Å². The molecule has 0 fully saturated rings. The highest BCUT2D eigenvalue weighted by atomic mass is 16.5. The Morgan fingerprint density at radius 1 is 1.24 bits per heavy atom. The van der Waals surface area contributed by atoms with Crippen LogP contribution in [-0.2, 0) is 21.6 Å². The third-order valence-corrected chi connectivity index (χ3v) is 4.09. The first-order valence-corrected chi connectivity index (χ1v) is 7.86. The van der Waals surface area contributed by atoms with Gasteiger partial charge < -0.3 is 9.84 Å². The molecule has 0 saturated carbocycles. The molecule has 1 rings (SSSR count). The number of methoxy groups -OCH3 is 1. The molecule has 0 heterocycles. The number of hydrogen-bond donors (Lipinski definition) is 1. The van der Waals surface area contributed by atoms with Crippen molar-refractivity contribution < 1.29 is 14.6 Å². The molecule has 3 nitrogen and oxygen atoms in total. The summed E-state index contributed by atoms with van der Waals surface area (Å²) in [5.74, 6) is -0.870. The molecule has 0 aromatic heterocycles. The molecule has 2 unspecified atom stereocenters. The molecule has 1 aromatic carbocycles. The zero-order valence-corrected chi connectivity index (χ0v) is 13.7. The number of esters is 1. The van der Waals surface area contributed by atoms with Gasteiger partial charge in [-0.05, 0) is 30.9 Å². The van der Waals surface area contributed by atoms with Crippen molar-refractivity contribution in [3.63, 3.8) is 0 Å². The summed E-state index contributed by atoms with van der Waals surface area (Å²) < 4.78 is 4.88. The Morgan fingerprint density at radius 2 is 1.86 bits per heavy atom. The van der Waals surface area contributed by atoms with Crippen molar-refractivity contribution in [3.8, 4) is 0 Å². The normalized spacial score (nSPS) is 15.3. The quantitative estimate of drug-likeness (QED) is 0.741. The van der Waals surface area contributed by atoms with Gasteiger partial charge in [0, 0.05) is 0 Å². The molecule has 1 aromatic rings.